The number of amides is 1. The summed E-state index contributed by atoms with van der Waals surface area (Å²) in [6.45, 7) is 5.22. The molecule has 0 radical (unpaired) electrons. The Balaban J connectivity index is 2.02. The molecule has 0 heterocycles. The van der Waals surface area contributed by atoms with Gasteiger partial charge in [-0.2, -0.15) is 0 Å². The molecule has 19 heavy (non-hydrogen) atoms. The fraction of sp³-hybridized carbons (Fsp3) is 0.938. The Labute approximate surface area is 117 Å². The van der Waals surface area contributed by atoms with Crippen LogP contribution >= 0.6 is 0 Å². The molecule has 0 aromatic carbocycles. The predicted octanol–water partition coefficient (Wildman–Crippen LogP) is 2.93. The number of nitrogens with zero attached hydrogens (tertiary/aromatic N) is 1. The van der Waals surface area contributed by atoms with E-state index >= 15 is 0 Å². The molecular formula is C16H30N2O. The van der Waals surface area contributed by atoms with Gasteiger partial charge in [0.2, 0.25) is 5.91 Å². The number of carbonyl (C=O) groups is 1. The highest BCUT2D eigenvalue weighted by Crippen LogP contribution is 2.31. The van der Waals surface area contributed by atoms with Crippen molar-refractivity contribution in [3.05, 3.63) is 0 Å². The topological polar surface area (TPSA) is 46.3 Å². The first-order chi connectivity index (χ1) is 9.13. The van der Waals surface area contributed by atoms with Crippen molar-refractivity contribution in [2.45, 2.75) is 77.3 Å². The van der Waals surface area contributed by atoms with E-state index in [2.05, 4.69) is 18.7 Å². The van der Waals surface area contributed by atoms with Gasteiger partial charge in [-0.1, -0.05) is 26.2 Å². The van der Waals surface area contributed by atoms with Crippen LogP contribution in [0.5, 0.6) is 0 Å². The van der Waals surface area contributed by atoms with Crippen LogP contribution in [-0.4, -0.2) is 29.4 Å². The van der Waals surface area contributed by atoms with E-state index in [-0.39, 0.29) is 12.0 Å². The molecule has 1 amide bonds. The normalized spacial score (nSPS) is 33.1. The summed E-state index contributed by atoms with van der Waals surface area (Å²) < 4.78 is 0. The van der Waals surface area contributed by atoms with Gasteiger partial charge >= 0.3 is 0 Å². The summed E-state index contributed by atoms with van der Waals surface area (Å²) in [4.78, 5) is 15.0. The first-order valence-corrected chi connectivity index (χ1v) is 8.19. The zero-order valence-corrected chi connectivity index (χ0v) is 12.6. The van der Waals surface area contributed by atoms with Crippen molar-refractivity contribution in [1.29, 1.82) is 0 Å². The average molecular weight is 266 g/mol. The molecule has 0 spiro atoms. The predicted molar refractivity (Wildman–Crippen MR) is 78.7 cm³/mol. The monoisotopic (exact) mass is 266 g/mol. The molecule has 0 saturated heterocycles. The van der Waals surface area contributed by atoms with Crippen LogP contribution in [0, 0.1) is 11.8 Å². The minimum absolute atomic E-state index is 0.0747. The summed E-state index contributed by atoms with van der Waals surface area (Å²) in [6, 6.07) is 0.567. The third-order valence-corrected chi connectivity index (χ3v) is 5.12. The number of rotatable bonds is 3. The molecule has 0 aromatic rings. The SMILES string of the molecule is CCN(C(=O)C1CC(C)CCC1N)C1CCCCC1. The molecule has 2 fully saturated rings. The molecule has 0 aromatic heterocycles. The van der Waals surface area contributed by atoms with Crippen LogP contribution < -0.4 is 5.73 Å². The zero-order valence-electron chi connectivity index (χ0n) is 12.6. The quantitative estimate of drug-likeness (QED) is 0.853. The summed E-state index contributed by atoms with van der Waals surface area (Å²) in [5.41, 5.74) is 6.22. The summed E-state index contributed by atoms with van der Waals surface area (Å²) in [7, 11) is 0. The Morgan fingerprint density at radius 1 is 1.16 bits per heavy atom. The highest BCUT2D eigenvalue weighted by Gasteiger charge is 2.36. The molecule has 0 aliphatic heterocycles. The first kappa shape index (κ1) is 14.8. The zero-order chi connectivity index (χ0) is 13.8. The fourth-order valence-electron chi connectivity index (χ4n) is 3.89. The Morgan fingerprint density at radius 3 is 2.47 bits per heavy atom. The van der Waals surface area contributed by atoms with Gasteiger partial charge in [-0.15, -0.1) is 0 Å². The Kier molecular flexibility index (Phi) is 5.26. The number of nitrogens with two attached hydrogens (primary N) is 1. The summed E-state index contributed by atoms with van der Waals surface area (Å²) in [6.07, 6.45) is 9.46. The van der Waals surface area contributed by atoms with Crippen molar-refractivity contribution < 1.29 is 4.79 Å². The molecule has 110 valence electrons. The van der Waals surface area contributed by atoms with Gasteiger partial charge in [0.05, 0.1) is 5.92 Å². The van der Waals surface area contributed by atoms with E-state index < -0.39 is 0 Å². The molecule has 3 nitrogen and oxygen atoms in total. The minimum atomic E-state index is 0.0747. The fourth-order valence-corrected chi connectivity index (χ4v) is 3.89. The molecular weight excluding hydrogens is 236 g/mol. The highest BCUT2D eigenvalue weighted by molar-refractivity contribution is 5.80. The van der Waals surface area contributed by atoms with Crippen molar-refractivity contribution in [3.8, 4) is 0 Å². The van der Waals surface area contributed by atoms with Crippen LogP contribution in [-0.2, 0) is 4.79 Å². The molecule has 3 atom stereocenters. The van der Waals surface area contributed by atoms with Gasteiger partial charge in [-0.3, -0.25) is 4.79 Å². The van der Waals surface area contributed by atoms with Crippen molar-refractivity contribution in [2.24, 2.45) is 17.6 Å². The van der Waals surface area contributed by atoms with Gasteiger partial charge in [-0.05, 0) is 44.9 Å². The first-order valence-electron chi connectivity index (χ1n) is 8.19. The molecule has 3 unspecified atom stereocenters. The Morgan fingerprint density at radius 2 is 1.84 bits per heavy atom. The van der Waals surface area contributed by atoms with E-state index in [1.807, 2.05) is 0 Å². The Hall–Kier alpha value is -0.570. The van der Waals surface area contributed by atoms with E-state index in [0.717, 1.165) is 19.4 Å². The lowest BCUT2D eigenvalue weighted by Gasteiger charge is -2.39. The summed E-state index contributed by atoms with van der Waals surface area (Å²) in [5.74, 6) is 1.07. The number of carbonyl (C=O) groups excluding carboxylic acids is 1. The molecule has 2 rings (SSSR count). The summed E-state index contributed by atoms with van der Waals surface area (Å²) >= 11 is 0. The molecule has 2 N–H and O–H groups in total. The second kappa shape index (κ2) is 6.74. The molecule has 0 bridgehead atoms. The van der Waals surface area contributed by atoms with Crippen LogP contribution in [0.2, 0.25) is 0 Å². The van der Waals surface area contributed by atoms with Crippen molar-refractivity contribution >= 4 is 5.91 Å². The second-order valence-corrected chi connectivity index (χ2v) is 6.60. The standard InChI is InChI=1S/C16H30N2O/c1-3-18(13-7-5-4-6-8-13)16(19)14-11-12(2)9-10-15(14)17/h12-15H,3-11,17H2,1-2H3. The van der Waals surface area contributed by atoms with Gasteiger partial charge in [0.25, 0.3) is 0 Å². The van der Waals surface area contributed by atoms with Crippen molar-refractivity contribution in [2.75, 3.05) is 6.54 Å². The van der Waals surface area contributed by atoms with Crippen molar-refractivity contribution in [1.82, 2.24) is 4.90 Å². The number of hydrogen-bond donors (Lipinski definition) is 1. The highest BCUT2D eigenvalue weighted by atomic mass is 16.2. The third kappa shape index (κ3) is 3.50. The average Bonchev–Trinajstić information content (AvgIpc) is 2.43. The molecule has 2 aliphatic carbocycles. The van der Waals surface area contributed by atoms with Crippen molar-refractivity contribution in [3.63, 3.8) is 0 Å². The molecule has 2 aliphatic rings. The lowest BCUT2D eigenvalue weighted by molar-refractivity contribution is -0.140. The van der Waals surface area contributed by atoms with Gasteiger partial charge in [-0.25, -0.2) is 0 Å². The van der Waals surface area contributed by atoms with E-state index in [0.29, 0.717) is 17.9 Å². The second-order valence-electron chi connectivity index (χ2n) is 6.60. The largest absolute Gasteiger partial charge is 0.340 e. The van der Waals surface area contributed by atoms with Gasteiger partial charge in [0, 0.05) is 18.6 Å². The van der Waals surface area contributed by atoms with E-state index in [9.17, 15) is 4.79 Å². The lowest BCUT2D eigenvalue weighted by Crippen LogP contribution is -2.50. The lowest BCUT2D eigenvalue weighted by atomic mass is 9.78. The minimum Gasteiger partial charge on any atom is -0.340 e. The van der Waals surface area contributed by atoms with E-state index in [1.165, 1.54) is 38.5 Å². The van der Waals surface area contributed by atoms with E-state index in [1.54, 1.807) is 0 Å². The van der Waals surface area contributed by atoms with E-state index in [4.69, 9.17) is 5.73 Å². The molecule has 2 saturated carbocycles. The maximum Gasteiger partial charge on any atom is 0.227 e. The van der Waals surface area contributed by atoms with Gasteiger partial charge < -0.3 is 10.6 Å². The van der Waals surface area contributed by atoms with Gasteiger partial charge in [0.1, 0.15) is 0 Å². The molecule has 3 heteroatoms. The maximum absolute atomic E-state index is 12.8. The van der Waals surface area contributed by atoms with Crippen LogP contribution in [0.15, 0.2) is 0 Å². The number of hydrogen-bond acceptors (Lipinski definition) is 2. The van der Waals surface area contributed by atoms with Crippen LogP contribution in [0.1, 0.15) is 65.2 Å². The maximum atomic E-state index is 12.8. The summed E-state index contributed by atoms with van der Waals surface area (Å²) in [5, 5.41) is 0. The Bertz CT molecular complexity index is 299. The third-order valence-electron chi connectivity index (χ3n) is 5.12. The van der Waals surface area contributed by atoms with Crippen LogP contribution in [0.4, 0.5) is 0 Å². The van der Waals surface area contributed by atoms with Crippen LogP contribution in [0.3, 0.4) is 0 Å². The van der Waals surface area contributed by atoms with Crippen LogP contribution in [0.25, 0.3) is 0 Å². The van der Waals surface area contributed by atoms with Gasteiger partial charge in [0.15, 0.2) is 0 Å². The smallest absolute Gasteiger partial charge is 0.227 e.